The minimum absolute atomic E-state index is 0.00629. The fourth-order valence-electron chi connectivity index (χ4n) is 2.11. The van der Waals surface area contributed by atoms with Gasteiger partial charge in [-0.3, -0.25) is 9.59 Å². The van der Waals surface area contributed by atoms with Gasteiger partial charge in [0.05, 0.1) is 0 Å². The molecular formula is C13H24N2O2. The predicted molar refractivity (Wildman–Crippen MR) is 67.5 cm³/mol. The quantitative estimate of drug-likeness (QED) is 0.813. The summed E-state index contributed by atoms with van der Waals surface area (Å²) in [5.41, 5.74) is 0.0693. The van der Waals surface area contributed by atoms with Crippen molar-refractivity contribution in [3.8, 4) is 0 Å². The molecule has 98 valence electrons. The van der Waals surface area contributed by atoms with Crippen LogP contribution in [0.25, 0.3) is 0 Å². The normalized spacial score (nSPS) is 22.4. The van der Waals surface area contributed by atoms with Gasteiger partial charge in [-0.25, -0.2) is 0 Å². The van der Waals surface area contributed by atoms with Crippen molar-refractivity contribution in [2.45, 2.75) is 53.0 Å². The Labute approximate surface area is 104 Å². The van der Waals surface area contributed by atoms with Gasteiger partial charge in [0.2, 0.25) is 11.8 Å². The van der Waals surface area contributed by atoms with Crippen LogP contribution in [0.2, 0.25) is 0 Å². The summed E-state index contributed by atoms with van der Waals surface area (Å²) >= 11 is 0. The van der Waals surface area contributed by atoms with E-state index in [4.69, 9.17) is 0 Å². The predicted octanol–water partition coefficient (Wildman–Crippen LogP) is 1.55. The number of amides is 2. The van der Waals surface area contributed by atoms with Gasteiger partial charge in [-0.1, -0.05) is 34.1 Å². The molecule has 2 amide bonds. The molecular weight excluding hydrogens is 216 g/mol. The summed E-state index contributed by atoms with van der Waals surface area (Å²) in [4.78, 5) is 25.6. The Morgan fingerprint density at radius 2 is 2.00 bits per heavy atom. The summed E-state index contributed by atoms with van der Waals surface area (Å²) in [6, 6.07) is -0.322. The molecule has 0 radical (unpaired) electrons. The fourth-order valence-corrected chi connectivity index (χ4v) is 2.11. The highest BCUT2D eigenvalue weighted by Crippen LogP contribution is 2.18. The van der Waals surface area contributed by atoms with Gasteiger partial charge >= 0.3 is 0 Å². The molecule has 0 aliphatic carbocycles. The van der Waals surface area contributed by atoms with Crippen molar-refractivity contribution in [3.05, 3.63) is 0 Å². The van der Waals surface area contributed by atoms with E-state index in [-0.39, 0.29) is 23.3 Å². The van der Waals surface area contributed by atoms with E-state index in [1.54, 1.807) is 0 Å². The lowest BCUT2D eigenvalue weighted by atomic mass is 9.95. The Morgan fingerprint density at radius 1 is 1.35 bits per heavy atom. The fraction of sp³-hybridized carbons (Fsp3) is 0.846. The molecule has 0 saturated carbocycles. The molecule has 1 rings (SSSR count). The monoisotopic (exact) mass is 240 g/mol. The Morgan fingerprint density at radius 3 is 2.53 bits per heavy atom. The zero-order valence-electron chi connectivity index (χ0n) is 11.4. The highest BCUT2D eigenvalue weighted by molar-refractivity contribution is 5.89. The number of carbonyl (C=O) groups is 2. The smallest absolute Gasteiger partial charge is 0.245 e. The van der Waals surface area contributed by atoms with Gasteiger partial charge in [-0.15, -0.1) is 0 Å². The van der Waals surface area contributed by atoms with Crippen molar-refractivity contribution in [2.75, 3.05) is 13.1 Å². The van der Waals surface area contributed by atoms with Crippen molar-refractivity contribution >= 4 is 11.8 Å². The summed E-state index contributed by atoms with van der Waals surface area (Å²) in [6.45, 7) is 9.60. The Hall–Kier alpha value is -1.06. The summed E-state index contributed by atoms with van der Waals surface area (Å²) in [5, 5.41) is 2.82. The zero-order valence-corrected chi connectivity index (χ0v) is 11.4. The molecule has 1 saturated heterocycles. The molecule has 0 aromatic carbocycles. The van der Waals surface area contributed by atoms with Crippen molar-refractivity contribution in [2.24, 2.45) is 5.41 Å². The van der Waals surface area contributed by atoms with Crippen molar-refractivity contribution in [1.29, 1.82) is 0 Å². The zero-order chi connectivity index (χ0) is 13.1. The summed E-state index contributed by atoms with van der Waals surface area (Å²) < 4.78 is 0. The summed E-state index contributed by atoms with van der Waals surface area (Å²) in [7, 11) is 0. The molecule has 1 heterocycles. The van der Waals surface area contributed by atoms with Crippen LogP contribution in [0, 0.1) is 5.41 Å². The van der Waals surface area contributed by atoms with Crippen LogP contribution in [-0.2, 0) is 9.59 Å². The van der Waals surface area contributed by atoms with Gasteiger partial charge in [0.15, 0.2) is 0 Å². The molecule has 4 nitrogen and oxygen atoms in total. The van der Waals surface area contributed by atoms with Crippen molar-refractivity contribution in [1.82, 2.24) is 10.2 Å². The lowest BCUT2D eigenvalue weighted by molar-refractivity contribution is -0.134. The van der Waals surface area contributed by atoms with Gasteiger partial charge < -0.3 is 10.2 Å². The molecule has 1 fully saturated rings. The maximum Gasteiger partial charge on any atom is 0.245 e. The summed E-state index contributed by atoms with van der Waals surface area (Å²) in [5.74, 6) is 0.0702. The average molecular weight is 240 g/mol. The van der Waals surface area contributed by atoms with E-state index in [2.05, 4.69) is 26.1 Å². The first kappa shape index (κ1) is 14.0. The number of nitrogens with one attached hydrogen (secondary N) is 1. The van der Waals surface area contributed by atoms with Gasteiger partial charge in [-0.2, -0.15) is 0 Å². The Balaban J connectivity index is 2.76. The second-order valence-electron chi connectivity index (χ2n) is 5.98. The van der Waals surface area contributed by atoms with Crippen molar-refractivity contribution in [3.63, 3.8) is 0 Å². The van der Waals surface area contributed by atoms with E-state index in [1.165, 1.54) is 0 Å². The van der Waals surface area contributed by atoms with E-state index in [0.717, 1.165) is 12.8 Å². The number of rotatable bonds is 3. The van der Waals surface area contributed by atoms with E-state index < -0.39 is 0 Å². The second kappa shape index (κ2) is 5.52. The van der Waals surface area contributed by atoms with Crippen LogP contribution in [0.15, 0.2) is 0 Å². The first-order valence-electron chi connectivity index (χ1n) is 6.41. The molecule has 0 aromatic heterocycles. The van der Waals surface area contributed by atoms with Crippen LogP contribution < -0.4 is 5.32 Å². The van der Waals surface area contributed by atoms with Crippen LogP contribution in [0.5, 0.6) is 0 Å². The van der Waals surface area contributed by atoms with Crippen LogP contribution in [0.1, 0.15) is 47.0 Å². The molecule has 0 bridgehead atoms. The molecule has 1 N–H and O–H groups in total. The molecule has 1 unspecified atom stereocenters. The molecule has 0 spiro atoms. The third kappa shape index (κ3) is 4.36. The Bertz CT molecular complexity index is 294. The third-order valence-corrected chi connectivity index (χ3v) is 2.80. The highest BCUT2D eigenvalue weighted by Gasteiger charge is 2.31. The van der Waals surface area contributed by atoms with Gasteiger partial charge in [0, 0.05) is 19.5 Å². The standard InChI is InChI=1S/C13H24N2O2/c1-5-6-10-12(17)15(9-13(2,3)4)8-7-11(16)14-10/h10H,5-9H2,1-4H3,(H,14,16). The van der Waals surface area contributed by atoms with E-state index in [1.807, 2.05) is 11.8 Å². The highest BCUT2D eigenvalue weighted by atomic mass is 16.2. The van der Waals surface area contributed by atoms with Crippen LogP contribution >= 0.6 is 0 Å². The van der Waals surface area contributed by atoms with Crippen LogP contribution in [-0.4, -0.2) is 35.8 Å². The number of hydrogen-bond acceptors (Lipinski definition) is 2. The van der Waals surface area contributed by atoms with Gasteiger partial charge in [0.25, 0.3) is 0 Å². The largest absolute Gasteiger partial charge is 0.344 e. The van der Waals surface area contributed by atoms with Crippen LogP contribution in [0.3, 0.4) is 0 Å². The third-order valence-electron chi connectivity index (χ3n) is 2.80. The van der Waals surface area contributed by atoms with E-state index in [0.29, 0.717) is 19.5 Å². The SMILES string of the molecule is CCCC1NC(=O)CCN(CC(C)(C)C)C1=O. The first-order valence-corrected chi connectivity index (χ1v) is 6.41. The topological polar surface area (TPSA) is 49.4 Å². The second-order valence-corrected chi connectivity index (χ2v) is 5.98. The molecule has 17 heavy (non-hydrogen) atoms. The minimum Gasteiger partial charge on any atom is -0.344 e. The molecule has 1 atom stereocenters. The first-order chi connectivity index (χ1) is 7.83. The number of nitrogens with zero attached hydrogens (tertiary/aromatic N) is 1. The lowest BCUT2D eigenvalue weighted by Crippen LogP contribution is -2.46. The summed E-state index contributed by atoms with van der Waals surface area (Å²) in [6.07, 6.45) is 2.05. The minimum atomic E-state index is -0.322. The lowest BCUT2D eigenvalue weighted by Gasteiger charge is -2.30. The maximum atomic E-state index is 12.3. The van der Waals surface area contributed by atoms with Crippen molar-refractivity contribution < 1.29 is 9.59 Å². The molecule has 0 aromatic rings. The van der Waals surface area contributed by atoms with Crippen LogP contribution in [0.4, 0.5) is 0 Å². The molecule has 1 aliphatic rings. The van der Waals surface area contributed by atoms with Gasteiger partial charge in [0.1, 0.15) is 6.04 Å². The van der Waals surface area contributed by atoms with Gasteiger partial charge in [-0.05, 0) is 11.8 Å². The average Bonchev–Trinajstić information content (AvgIpc) is 2.31. The number of hydrogen-bond donors (Lipinski definition) is 1. The van der Waals surface area contributed by atoms with E-state index in [9.17, 15) is 9.59 Å². The molecule has 1 aliphatic heterocycles. The Kier molecular flexibility index (Phi) is 4.54. The van der Waals surface area contributed by atoms with E-state index >= 15 is 0 Å². The maximum absolute atomic E-state index is 12.3. The number of carbonyl (C=O) groups excluding carboxylic acids is 2. The molecule has 4 heteroatoms.